The number of benzene rings is 1. The summed E-state index contributed by atoms with van der Waals surface area (Å²) >= 11 is 1.43. The Labute approximate surface area is 144 Å². The van der Waals surface area contributed by atoms with E-state index >= 15 is 0 Å². The third kappa shape index (κ3) is 3.83. The minimum Gasteiger partial charge on any atom is -0.463 e. The number of thioether (sulfide) groups is 1. The van der Waals surface area contributed by atoms with Crippen LogP contribution in [0.1, 0.15) is 11.3 Å². The van der Waals surface area contributed by atoms with E-state index in [0.29, 0.717) is 23.9 Å². The molecule has 1 saturated heterocycles. The summed E-state index contributed by atoms with van der Waals surface area (Å²) in [5.74, 6) is 0.653. The van der Waals surface area contributed by atoms with Gasteiger partial charge in [0.15, 0.2) is 5.17 Å². The molecule has 24 heavy (non-hydrogen) atoms. The van der Waals surface area contributed by atoms with Crippen molar-refractivity contribution in [3.8, 4) is 0 Å². The lowest BCUT2D eigenvalue weighted by atomic mass is 10.1. The molecule has 0 unspecified atom stereocenters. The average Bonchev–Trinajstić information content (AvgIpc) is 3.20. The first-order valence-corrected chi connectivity index (χ1v) is 8.43. The van der Waals surface area contributed by atoms with Crippen molar-refractivity contribution in [3.63, 3.8) is 0 Å². The summed E-state index contributed by atoms with van der Waals surface area (Å²) in [6, 6.07) is 13.5. The Morgan fingerprint density at radius 1 is 1.25 bits per heavy atom. The van der Waals surface area contributed by atoms with Crippen LogP contribution in [-0.2, 0) is 11.2 Å². The van der Waals surface area contributed by atoms with E-state index in [1.165, 1.54) is 18.0 Å². The topological polar surface area (TPSA) is 58.2 Å². The first-order chi connectivity index (χ1) is 11.8. The van der Waals surface area contributed by atoms with Gasteiger partial charge in [-0.3, -0.25) is 9.69 Å². The van der Waals surface area contributed by atoms with Gasteiger partial charge in [-0.15, -0.1) is 11.7 Å². The predicted molar refractivity (Wildman–Crippen MR) is 97.2 cm³/mol. The maximum absolute atomic E-state index is 12.6. The van der Waals surface area contributed by atoms with Crippen molar-refractivity contribution in [3.05, 3.63) is 72.7 Å². The molecule has 3 rings (SSSR count). The molecule has 0 bridgehead atoms. The van der Waals surface area contributed by atoms with Crippen LogP contribution in [0.2, 0.25) is 0 Å². The zero-order chi connectivity index (χ0) is 16.8. The van der Waals surface area contributed by atoms with Crippen molar-refractivity contribution in [2.45, 2.75) is 11.7 Å². The van der Waals surface area contributed by atoms with Crippen LogP contribution in [0.25, 0.3) is 0 Å². The molecule has 0 radical (unpaired) electrons. The van der Waals surface area contributed by atoms with Crippen LogP contribution in [-0.4, -0.2) is 34.0 Å². The van der Waals surface area contributed by atoms with Crippen molar-refractivity contribution in [1.29, 1.82) is 0 Å². The normalized spacial score (nSPS) is 19.5. The number of carbonyl (C=O) groups excluding carboxylic acids is 1. The number of carbonyl (C=O) groups is 1. The lowest BCUT2D eigenvalue weighted by Gasteiger charge is -2.12. The molecule has 2 heterocycles. The first-order valence-electron chi connectivity index (χ1n) is 7.55. The smallest absolute Gasteiger partial charge is 0.242 e. The predicted octanol–water partition coefficient (Wildman–Crippen LogP) is 3.34. The summed E-state index contributed by atoms with van der Waals surface area (Å²) in [5.41, 5.74) is 1.13. The fourth-order valence-electron chi connectivity index (χ4n) is 2.34. The summed E-state index contributed by atoms with van der Waals surface area (Å²) in [4.78, 5) is 14.2. The molecule has 5 nitrogen and oxygen atoms in total. The molecule has 1 amide bonds. The molecule has 1 aromatic carbocycles. The zero-order valence-corrected chi connectivity index (χ0v) is 13.9. The van der Waals surface area contributed by atoms with Gasteiger partial charge in [0.25, 0.3) is 0 Å². The lowest BCUT2D eigenvalue weighted by Crippen LogP contribution is -2.32. The van der Waals surface area contributed by atoms with Gasteiger partial charge in [0, 0.05) is 6.54 Å². The summed E-state index contributed by atoms with van der Waals surface area (Å²) < 4.78 is 5.17. The van der Waals surface area contributed by atoms with Crippen molar-refractivity contribution < 1.29 is 9.21 Å². The molecule has 0 N–H and O–H groups in total. The molecule has 2 aromatic rings. The van der Waals surface area contributed by atoms with E-state index < -0.39 is 0 Å². The van der Waals surface area contributed by atoms with E-state index in [2.05, 4.69) is 16.8 Å². The molecule has 6 heteroatoms. The second kappa shape index (κ2) is 7.79. The van der Waals surface area contributed by atoms with Gasteiger partial charge in [0.1, 0.15) is 5.76 Å². The molecule has 1 aromatic heterocycles. The molecule has 0 aliphatic carbocycles. The Bertz CT molecular complexity index is 754. The number of amidine groups is 1. The Morgan fingerprint density at radius 2 is 2.08 bits per heavy atom. The average molecular weight is 339 g/mol. The highest BCUT2D eigenvalue weighted by molar-refractivity contribution is 8.15. The van der Waals surface area contributed by atoms with Crippen LogP contribution in [0.4, 0.5) is 0 Å². The highest BCUT2D eigenvalue weighted by atomic mass is 32.2. The van der Waals surface area contributed by atoms with Crippen LogP contribution >= 0.6 is 11.8 Å². The second-order valence-corrected chi connectivity index (χ2v) is 6.35. The lowest BCUT2D eigenvalue weighted by molar-refractivity contribution is -0.125. The molecule has 122 valence electrons. The standard InChI is InChI=1S/C18H17N3O2S/c1-2-10-21-17(22)16(12-14-7-4-3-5-8-14)24-18(21)20-19-13-15-9-6-11-23-15/h2-9,11,13,16H,1,10,12H2/b19-13-,20-18+/t16-/m1/s1. The van der Waals surface area contributed by atoms with Crippen LogP contribution in [0.3, 0.4) is 0 Å². The van der Waals surface area contributed by atoms with Crippen LogP contribution in [0, 0.1) is 0 Å². The Balaban J connectivity index is 1.75. The van der Waals surface area contributed by atoms with Crippen LogP contribution in [0.15, 0.2) is 76.0 Å². The van der Waals surface area contributed by atoms with Gasteiger partial charge in [-0.05, 0) is 24.1 Å². The summed E-state index contributed by atoms with van der Waals surface area (Å²) in [6.45, 7) is 4.13. The van der Waals surface area contributed by atoms with Crippen molar-refractivity contribution in [1.82, 2.24) is 4.90 Å². The minimum atomic E-state index is -0.190. The summed E-state index contributed by atoms with van der Waals surface area (Å²) in [6.07, 6.45) is 5.45. The third-order valence-corrected chi connectivity index (χ3v) is 4.63. The summed E-state index contributed by atoms with van der Waals surface area (Å²) in [7, 11) is 0. The molecule has 0 spiro atoms. The van der Waals surface area contributed by atoms with Crippen molar-refractivity contribution in [2.24, 2.45) is 10.2 Å². The Morgan fingerprint density at radius 3 is 2.79 bits per heavy atom. The van der Waals surface area contributed by atoms with E-state index in [1.807, 2.05) is 30.3 Å². The minimum absolute atomic E-state index is 0.0377. The van der Waals surface area contributed by atoms with E-state index in [1.54, 1.807) is 29.4 Å². The molecular weight excluding hydrogens is 322 g/mol. The number of furan rings is 1. The SMILES string of the molecule is C=CCN1C(=O)[C@@H](Cc2ccccc2)S/C1=N/N=C\c1ccco1. The van der Waals surface area contributed by atoms with Crippen LogP contribution in [0.5, 0.6) is 0 Å². The zero-order valence-electron chi connectivity index (χ0n) is 13.0. The molecule has 1 fully saturated rings. The highest BCUT2D eigenvalue weighted by Gasteiger charge is 2.37. The fraction of sp³-hybridized carbons (Fsp3) is 0.167. The third-order valence-electron chi connectivity index (χ3n) is 3.47. The second-order valence-electron chi connectivity index (χ2n) is 5.18. The monoisotopic (exact) mass is 339 g/mol. The maximum atomic E-state index is 12.6. The number of nitrogens with zero attached hydrogens (tertiary/aromatic N) is 3. The van der Waals surface area contributed by atoms with Crippen molar-refractivity contribution in [2.75, 3.05) is 6.54 Å². The highest BCUT2D eigenvalue weighted by Crippen LogP contribution is 2.29. The number of hydrogen-bond acceptors (Lipinski definition) is 5. The molecule has 1 aliphatic rings. The van der Waals surface area contributed by atoms with Gasteiger partial charge in [-0.2, -0.15) is 5.10 Å². The molecule has 1 aliphatic heterocycles. The van der Waals surface area contributed by atoms with Gasteiger partial charge in [-0.1, -0.05) is 48.2 Å². The first kappa shape index (κ1) is 16.3. The van der Waals surface area contributed by atoms with Crippen LogP contribution < -0.4 is 0 Å². The number of rotatable bonds is 6. The van der Waals surface area contributed by atoms with Gasteiger partial charge >= 0.3 is 0 Å². The van der Waals surface area contributed by atoms with Crippen molar-refractivity contribution >= 4 is 29.1 Å². The maximum Gasteiger partial charge on any atom is 0.242 e. The molecule has 1 atom stereocenters. The van der Waals surface area contributed by atoms with Gasteiger partial charge in [0.05, 0.1) is 17.7 Å². The Kier molecular flexibility index (Phi) is 5.28. The van der Waals surface area contributed by atoms with E-state index in [9.17, 15) is 4.79 Å². The fourth-order valence-corrected chi connectivity index (χ4v) is 3.49. The summed E-state index contributed by atoms with van der Waals surface area (Å²) in [5, 5.41) is 8.61. The largest absolute Gasteiger partial charge is 0.463 e. The van der Waals surface area contributed by atoms with Gasteiger partial charge in [0.2, 0.25) is 5.91 Å². The van der Waals surface area contributed by atoms with E-state index in [0.717, 1.165) is 5.56 Å². The number of amides is 1. The molecular formula is C18H17N3O2S. The van der Waals surface area contributed by atoms with E-state index in [-0.39, 0.29) is 11.2 Å². The number of hydrogen-bond donors (Lipinski definition) is 0. The molecule has 0 saturated carbocycles. The Hall–Kier alpha value is -2.60. The van der Waals surface area contributed by atoms with Gasteiger partial charge in [-0.25, -0.2) is 0 Å². The quantitative estimate of drug-likeness (QED) is 0.461. The van der Waals surface area contributed by atoms with E-state index in [4.69, 9.17) is 4.42 Å². The van der Waals surface area contributed by atoms with Gasteiger partial charge < -0.3 is 4.42 Å².